The van der Waals surface area contributed by atoms with Crippen LogP contribution in [0.25, 0.3) is 0 Å². The molecule has 88 valence electrons. The van der Waals surface area contributed by atoms with Gasteiger partial charge < -0.3 is 9.63 Å². The van der Waals surface area contributed by atoms with E-state index in [2.05, 4.69) is 5.16 Å². The van der Waals surface area contributed by atoms with Crippen molar-refractivity contribution in [3.63, 3.8) is 0 Å². The predicted molar refractivity (Wildman–Crippen MR) is 53.6 cm³/mol. The quantitative estimate of drug-likeness (QED) is 0.835. The number of aromatic nitrogens is 1. The fourth-order valence-corrected chi connectivity index (χ4v) is 3.82. The first kappa shape index (κ1) is 11.1. The van der Waals surface area contributed by atoms with Crippen molar-refractivity contribution < 1.29 is 22.8 Å². The molecule has 1 saturated heterocycles. The summed E-state index contributed by atoms with van der Waals surface area (Å²) in [5, 5.41) is 11.4. The normalized spacial score (nSPS) is 23.4. The number of carbonyl (C=O) groups is 1. The Hall–Kier alpha value is -1.37. The summed E-state index contributed by atoms with van der Waals surface area (Å²) in [6, 6.07) is 0. The summed E-state index contributed by atoms with van der Waals surface area (Å²) in [4.78, 5) is 10.6. The van der Waals surface area contributed by atoms with Gasteiger partial charge in [0.15, 0.2) is 15.6 Å². The smallest absolute Gasteiger partial charge is 0.308 e. The van der Waals surface area contributed by atoms with Gasteiger partial charge in [-0.15, -0.1) is 0 Å². The Balaban J connectivity index is 2.34. The number of hydrogen-bond donors (Lipinski definition) is 1. The third kappa shape index (κ3) is 1.95. The average Bonchev–Trinajstić information content (AvgIpc) is 2.70. The van der Waals surface area contributed by atoms with Gasteiger partial charge >= 0.3 is 5.97 Å². The van der Waals surface area contributed by atoms with Crippen molar-refractivity contribution in [1.82, 2.24) is 5.16 Å². The first-order valence-corrected chi connectivity index (χ1v) is 6.59. The van der Waals surface area contributed by atoms with Gasteiger partial charge in [0.05, 0.1) is 18.4 Å². The Morgan fingerprint density at radius 2 is 2.38 bits per heavy atom. The SMILES string of the molecule is O=C(O)Cc1cnoc1C1CCCS1(=O)=O. The van der Waals surface area contributed by atoms with Crippen molar-refractivity contribution in [2.75, 3.05) is 5.75 Å². The molecule has 2 heterocycles. The van der Waals surface area contributed by atoms with E-state index in [1.807, 2.05) is 0 Å². The summed E-state index contributed by atoms with van der Waals surface area (Å²) < 4.78 is 28.2. The van der Waals surface area contributed by atoms with Gasteiger partial charge in [-0.3, -0.25) is 4.79 Å². The molecule has 16 heavy (non-hydrogen) atoms. The van der Waals surface area contributed by atoms with Crippen molar-refractivity contribution in [1.29, 1.82) is 0 Å². The second kappa shape index (κ2) is 3.89. The lowest BCUT2D eigenvalue weighted by Gasteiger charge is -2.06. The van der Waals surface area contributed by atoms with Crippen LogP contribution in [0.5, 0.6) is 0 Å². The maximum atomic E-state index is 11.7. The van der Waals surface area contributed by atoms with E-state index in [1.54, 1.807) is 0 Å². The summed E-state index contributed by atoms with van der Waals surface area (Å²) in [6.07, 6.45) is 2.08. The minimum absolute atomic E-state index is 0.130. The molecule has 0 amide bonds. The van der Waals surface area contributed by atoms with Gasteiger partial charge in [-0.05, 0) is 12.8 Å². The number of rotatable bonds is 3. The molecular weight excluding hydrogens is 234 g/mol. The van der Waals surface area contributed by atoms with Gasteiger partial charge in [-0.2, -0.15) is 0 Å². The van der Waals surface area contributed by atoms with Crippen LogP contribution in [0.1, 0.15) is 29.4 Å². The van der Waals surface area contributed by atoms with Gasteiger partial charge in [0.2, 0.25) is 0 Å². The molecule has 0 bridgehead atoms. The molecule has 0 radical (unpaired) electrons. The molecule has 1 fully saturated rings. The Morgan fingerprint density at radius 3 is 2.94 bits per heavy atom. The molecule has 1 N–H and O–H groups in total. The van der Waals surface area contributed by atoms with Crippen LogP contribution in [0.15, 0.2) is 10.7 Å². The molecule has 0 aliphatic carbocycles. The van der Waals surface area contributed by atoms with E-state index >= 15 is 0 Å². The summed E-state index contributed by atoms with van der Waals surface area (Å²) in [5.74, 6) is -0.704. The van der Waals surface area contributed by atoms with Gasteiger partial charge in [0.1, 0.15) is 5.25 Å². The van der Waals surface area contributed by atoms with Crippen LogP contribution >= 0.6 is 0 Å². The van der Waals surface area contributed by atoms with Crippen molar-refractivity contribution in [2.24, 2.45) is 0 Å². The van der Waals surface area contributed by atoms with Crippen LogP contribution in [0.2, 0.25) is 0 Å². The zero-order valence-corrected chi connectivity index (χ0v) is 9.24. The van der Waals surface area contributed by atoms with Crippen molar-refractivity contribution in [3.8, 4) is 0 Å². The average molecular weight is 245 g/mol. The summed E-state index contributed by atoms with van der Waals surface area (Å²) in [6.45, 7) is 0. The minimum Gasteiger partial charge on any atom is -0.481 e. The molecule has 6 nitrogen and oxygen atoms in total. The van der Waals surface area contributed by atoms with E-state index in [9.17, 15) is 13.2 Å². The third-order valence-electron chi connectivity index (χ3n) is 2.64. The lowest BCUT2D eigenvalue weighted by atomic mass is 10.1. The van der Waals surface area contributed by atoms with E-state index < -0.39 is 21.1 Å². The van der Waals surface area contributed by atoms with Crippen LogP contribution in [-0.2, 0) is 21.1 Å². The van der Waals surface area contributed by atoms with Crippen LogP contribution in [0, 0.1) is 0 Å². The third-order valence-corrected chi connectivity index (χ3v) is 4.81. The Bertz CT molecular complexity index is 504. The second-order valence-electron chi connectivity index (χ2n) is 3.78. The molecule has 1 atom stereocenters. The van der Waals surface area contributed by atoms with Crippen molar-refractivity contribution >= 4 is 15.8 Å². The largest absolute Gasteiger partial charge is 0.481 e. The van der Waals surface area contributed by atoms with Crippen LogP contribution < -0.4 is 0 Å². The molecule has 0 aromatic carbocycles. The number of carboxylic acids is 1. The van der Waals surface area contributed by atoms with E-state index in [-0.39, 0.29) is 17.9 Å². The number of carboxylic acid groups (broad SMARTS) is 1. The fourth-order valence-electron chi connectivity index (χ4n) is 1.92. The molecular formula is C9H11NO5S. The van der Waals surface area contributed by atoms with E-state index in [4.69, 9.17) is 9.63 Å². The van der Waals surface area contributed by atoms with E-state index in [1.165, 1.54) is 6.20 Å². The number of sulfone groups is 1. The van der Waals surface area contributed by atoms with Gasteiger partial charge in [-0.25, -0.2) is 8.42 Å². The molecule has 1 aromatic heterocycles. The maximum Gasteiger partial charge on any atom is 0.308 e. The summed E-state index contributed by atoms with van der Waals surface area (Å²) >= 11 is 0. The highest BCUT2D eigenvalue weighted by Gasteiger charge is 2.37. The van der Waals surface area contributed by atoms with E-state index in [0.717, 1.165) is 0 Å². The Morgan fingerprint density at radius 1 is 1.62 bits per heavy atom. The standard InChI is InChI=1S/C9H11NO5S/c11-8(12)4-6-5-10-15-9(6)7-2-1-3-16(7,13)14/h5,7H,1-4H2,(H,11,12). The monoisotopic (exact) mass is 245 g/mol. The highest BCUT2D eigenvalue weighted by Crippen LogP contribution is 2.36. The number of hydrogen-bond acceptors (Lipinski definition) is 5. The first-order chi connectivity index (χ1) is 7.50. The van der Waals surface area contributed by atoms with Crippen molar-refractivity contribution in [3.05, 3.63) is 17.5 Å². The Kier molecular flexibility index (Phi) is 2.71. The highest BCUT2D eigenvalue weighted by atomic mass is 32.2. The molecule has 2 rings (SSSR count). The molecule has 1 aliphatic rings. The van der Waals surface area contributed by atoms with Gasteiger partial charge in [0, 0.05) is 5.56 Å². The molecule has 1 unspecified atom stereocenters. The molecule has 1 aromatic rings. The lowest BCUT2D eigenvalue weighted by molar-refractivity contribution is -0.136. The first-order valence-electron chi connectivity index (χ1n) is 4.87. The number of nitrogens with zero attached hydrogens (tertiary/aromatic N) is 1. The zero-order chi connectivity index (χ0) is 11.8. The van der Waals surface area contributed by atoms with Crippen LogP contribution in [0.3, 0.4) is 0 Å². The molecule has 7 heteroatoms. The van der Waals surface area contributed by atoms with Crippen molar-refractivity contribution in [2.45, 2.75) is 24.5 Å². The zero-order valence-electron chi connectivity index (χ0n) is 8.42. The summed E-state index contributed by atoms with van der Waals surface area (Å²) in [7, 11) is -3.20. The van der Waals surface area contributed by atoms with Crippen LogP contribution in [0.4, 0.5) is 0 Å². The maximum absolute atomic E-state index is 11.7. The fraction of sp³-hybridized carbons (Fsp3) is 0.556. The van der Waals surface area contributed by atoms with Gasteiger partial charge in [0.25, 0.3) is 0 Å². The van der Waals surface area contributed by atoms with E-state index in [0.29, 0.717) is 18.4 Å². The lowest BCUT2D eigenvalue weighted by Crippen LogP contribution is -2.10. The van der Waals surface area contributed by atoms with Gasteiger partial charge in [-0.1, -0.05) is 5.16 Å². The highest BCUT2D eigenvalue weighted by molar-refractivity contribution is 7.91. The summed E-state index contributed by atoms with van der Waals surface area (Å²) in [5.41, 5.74) is 0.350. The Labute approximate surface area is 92.2 Å². The molecule has 0 saturated carbocycles. The minimum atomic E-state index is -3.20. The topological polar surface area (TPSA) is 97.5 Å². The predicted octanol–water partition coefficient (Wildman–Crippen LogP) is 0.551. The second-order valence-corrected chi connectivity index (χ2v) is 6.09. The molecule has 0 spiro atoms. The van der Waals surface area contributed by atoms with Crippen LogP contribution in [-0.4, -0.2) is 30.4 Å². The molecule has 1 aliphatic heterocycles. The number of aliphatic carboxylic acids is 1.